The molecule has 1 aromatic heterocycles. The summed E-state index contributed by atoms with van der Waals surface area (Å²) < 4.78 is 0. The van der Waals surface area contributed by atoms with E-state index in [0.717, 1.165) is 0 Å². The molecule has 6 nitrogen and oxygen atoms in total. The molecular weight excluding hydrogens is 278 g/mol. The Morgan fingerprint density at radius 2 is 1.95 bits per heavy atom. The van der Waals surface area contributed by atoms with E-state index in [1.54, 1.807) is 30.3 Å². The molecule has 2 rings (SSSR count). The van der Waals surface area contributed by atoms with Crippen LogP contribution in [0.2, 0.25) is 5.02 Å². The summed E-state index contributed by atoms with van der Waals surface area (Å²) in [5, 5.41) is 11.6. The summed E-state index contributed by atoms with van der Waals surface area (Å²) in [4.78, 5) is 16.1. The molecule has 100 valence electrons. The van der Waals surface area contributed by atoms with E-state index >= 15 is 0 Å². The van der Waals surface area contributed by atoms with Gasteiger partial charge in [-0.05, 0) is 36.4 Å². The van der Waals surface area contributed by atoms with Gasteiger partial charge in [-0.1, -0.05) is 11.6 Å². The van der Waals surface area contributed by atoms with Crippen LogP contribution in [0.5, 0.6) is 0 Å². The highest BCUT2D eigenvalue weighted by Crippen LogP contribution is 2.18. The first-order valence-electron chi connectivity index (χ1n) is 5.58. The van der Waals surface area contributed by atoms with Gasteiger partial charge in [0, 0.05) is 5.69 Å². The van der Waals surface area contributed by atoms with Gasteiger partial charge in [0.1, 0.15) is 11.5 Å². The number of hydrogen-bond acceptors (Lipinski definition) is 5. The molecule has 0 aliphatic carbocycles. The smallest absolute Gasteiger partial charge is 0.275 e. The molecule has 0 radical (unpaired) electrons. The first-order chi connectivity index (χ1) is 9.63. The fourth-order valence-corrected chi connectivity index (χ4v) is 1.69. The van der Waals surface area contributed by atoms with Gasteiger partial charge < -0.3 is 10.7 Å². The summed E-state index contributed by atoms with van der Waals surface area (Å²) in [6, 6.07) is 11.5. The van der Waals surface area contributed by atoms with Crippen molar-refractivity contribution in [3.63, 3.8) is 0 Å². The molecule has 0 aliphatic heterocycles. The van der Waals surface area contributed by atoms with E-state index in [4.69, 9.17) is 22.7 Å². The van der Waals surface area contributed by atoms with Crippen LogP contribution >= 0.6 is 11.6 Å². The number of nitrogen functional groups attached to an aromatic ring is 1. The van der Waals surface area contributed by atoms with Crippen molar-refractivity contribution in [2.24, 2.45) is 5.84 Å². The SMILES string of the molecule is N#Cc1ccc(NC(=O)c2nc(NN)ccc2Cl)cc1. The maximum Gasteiger partial charge on any atom is 0.275 e. The van der Waals surface area contributed by atoms with E-state index in [1.807, 2.05) is 6.07 Å². The third-order valence-corrected chi connectivity index (χ3v) is 2.79. The van der Waals surface area contributed by atoms with E-state index in [0.29, 0.717) is 17.1 Å². The number of hydrogen-bond donors (Lipinski definition) is 3. The summed E-state index contributed by atoms with van der Waals surface area (Å²) in [5.74, 6) is 5.11. The number of nitrogens with two attached hydrogens (primary N) is 1. The molecule has 0 spiro atoms. The van der Waals surface area contributed by atoms with Gasteiger partial charge in [-0.2, -0.15) is 5.26 Å². The highest BCUT2D eigenvalue weighted by atomic mass is 35.5. The molecule has 0 unspecified atom stereocenters. The Morgan fingerprint density at radius 1 is 1.25 bits per heavy atom. The number of carbonyl (C=O) groups excluding carboxylic acids is 1. The molecule has 0 aliphatic rings. The first-order valence-corrected chi connectivity index (χ1v) is 5.96. The van der Waals surface area contributed by atoms with Gasteiger partial charge in [-0.25, -0.2) is 10.8 Å². The molecule has 1 aromatic carbocycles. The Hall–Kier alpha value is -2.62. The van der Waals surface area contributed by atoms with Crippen LogP contribution in [0.15, 0.2) is 36.4 Å². The fourth-order valence-electron chi connectivity index (χ4n) is 1.50. The molecule has 0 bridgehead atoms. The maximum absolute atomic E-state index is 12.1. The molecule has 0 fully saturated rings. The standard InChI is InChI=1S/C13H10ClN5O/c14-10-5-6-11(19-16)18-12(10)13(20)17-9-3-1-8(7-15)2-4-9/h1-6H,16H2,(H,17,20)(H,18,19). The number of halogens is 1. The monoisotopic (exact) mass is 287 g/mol. The zero-order valence-electron chi connectivity index (χ0n) is 10.2. The second-order valence-corrected chi connectivity index (χ2v) is 4.22. The Balaban J connectivity index is 2.21. The van der Waals surface area contributed by atoms with Crippen LogP contribution in [0, 0.1) is 11.3 Å². The minimum Gasteiger partial charge on any atom is -0.321 e. The van der Waals surface area contributed by atoms with Crippen LogP contribution < -0.4 is 16.6 Å². The molecule has 4 N–H and O–H groups in total. The van der Waals surface area contributed by atoms with Gasteiger partial charge in [-0.3, -0.25) is 4.79 Å². The number of aromatic nitrogens is 1. The number of hydrazine groups is 1. The van der Waals surface area contributed by atoms with Gasteiger partial charge in [0.25, 0.3) is 5.91 Å². The van der Waals surface area contributed by atoms with E-state index in [9.17, 15) is 4.79 Å². The average molecular weight is 288 g/mol. The van der Waals surface area contributed by atoms with Crippen molar-refractivity contribution in [2.45, 2.75) is 0 Å². The molecule has 0 saturated heterocycles. The predicted molar refractivity (Wildman–Crippen MR) is 76.2 cm³/mol. The fraction of sp³-hybridized carbons (Fsp3) is 0. The Kier molecular flexibility index (Phi) is 4.15. The number of anilines is 2. The summed E-state index contributed by atoms with van der Waals surface area (Å²) in [6.07, 6.45) is 0. The van der Waals surface area contributed by atoms with Crippen LogP contribution in [0.1, 0.15) is 16.1 Å². The largest absolute Gasteiger partial charge is 0.321 e. The van der Waals surface area contributed by atoms with Gasteiger partial charge in [0.2, 0.25) is 0 Å². The number of carbonyl (C=O) groups is 1. The maximum atomic E-state index is 12.1. The topological polar surface area (TPSA) is 104 Å². The van der Waals surface area contributed by atoms with Crippen molar-refractivity contribution in [2.75, 3.05) is 10.7 Å². The number of amides is 1. The minimum absolute atomic E-state index is 0.0616. The van der Waals surface area contributed by atoms with E-state index < -0.39 is 5.91 Å². The zero-order valence-corrected chi connectivity index (χ0v) is 11.0. The van der Waals surface area contributed by atoms with Crippen LogP contribution in [-0.4, -0.2) is 10.9 Å². The molecule has 0 atom stereocenters. The van der Waals surface area contributed by atoms with Crippen molar-refractivity contribution in [3.05, 3.63) is 52.7 Å². The highest BCUT2D eigenvalue weighted by Gasteiger charge is 2.13. The molecular formula is C13H10ClN5O. The molecule has 20 heavy (non-hydrogen) atoms. The molecule has 2 aromatic rings. The van der Waals surface area contributed by atoms with E-state index in [1.165, 1.54) is 6.07 Å². The molecule has 0 saturated carbocycles. The van der Waals surface area contributed by atoms with Gasteiger partial charge in [0.05, 0.1) is 16.7 Å². The molecule has 1 amide bonds. The van der Waals surface area contributed by atoms with Crippen molar-refractivity contribution in [1.29, 1.82) is 5.26 Å². The summed E-state index contributed by atoms with van der Waals surface area (Å²) in [7, 11) is 0. The van der Waals surface area contributed by atoms with Crippen molar-refractivity contribution in [1.82, 2.24) is 4.98 Å². The normalized spacial score (nSPS) is 9.65. The molecule has 1 heterocycles. The van der Waals surface area contributed by atoms with Crippen molar-refractivity contribution >= 4 is 29.0 Å². The predicted octanol–water partition coefficient (Wildman–Crippen LogP) is 2.14. The van der Waals surface area contributed by atoms with Crippen LogP contribution in [-0.2, 0) is 0 Å². The number of nitrogens with zero attached hydrogens (tertiary/aromatic N) is 2. The van der Waals surface area contributed by atoms with Crippen molar-refractivity contribution < 1.29 is 4.79 Å². The second kappa shape index (κ2) is 6.02. The Morgan fingerprint density at radius 3 is 2.55 bits per heavy atom. The van der Waals surface area contributed by atoms with E-state index in [-0.39, 0.29) is 10.7 Å². The summed E-state index contributed by atoms with van der Waals surface area (Å²) >= 11 is 5.93. The van der Waals surface area contributed by atoms with Gasteiger partial charge in [-0.15, -0.1) is 0 Å². The lowest BCUT2D eigenvalue weighted by molar-refractivity contribution is 0.102. The number of pyridine rings is 1. The summed E-state index contributed by atoms with van der Waals surface area (Å²) in [6.45, 7) is 0. The summed E-state index contributed by atoms with van der Waals surface area (Å²) in [5.41, 5.74) is 3.45. The van der Waals surface area contributed by atoms with Crippen LogP contribution in [0.25, 0.3) is 0 Å². The second-order valence-electron chi connectivity index (χ2n) is 3.81. The zero-order chi connectivity index (χ0) is 14.5. The number of rotatable bonds is 3. The minimum atomic E-state index is -0.461. The highest BCUT2D eigenvalue weighted by molar-refractivity contribution is 6.34. The third-order valence-electron chi connectivity index (χ3n) is 2.48. The van der Waals surface area contributed by atoms with Crippen LogP contribution in [0.3, 0.4) is 0 Å². The lowest BCUT2D eigenvalue weighted by Crippen LogP contribution is -2.16. The Labute approximate surface area is 120 Å². The Bertz CT molecular complexity index is 678. The first kappa shape index (κ1) is 13.8. The number of nitrogens with one attached hydrogen (secondary N) is 2. The van der Waals surface area contributed by atoms with Gasteiger partial charge >= 0.3 is 0 Å². The third kappa shape index (κ3) is 3.03. The van der Waals surface area contributed by atoms with Crippen LogP contribution in [0.4, 0.5) is 11.5 Å². The number of benzene rings is 1. The lowest BCUT2D eigenvalue weighted by atomic mass is 10.2. The number of nitriles is 1. The van der Waals surface area contributed by atoms with Crippen molar-refractivity contribution in [3.8, 4) is 6.07 Å². The van der Waals surface area contributed by atoms with Gasteiger partial charge in [0.15, 0.2) is 0 Å². The average Bonchev–Trinajstić information content (AvgIpc) is 2.48. The molecule has 7 heteroatoms. The van der Waals surface area contributed by atoms with E-state index in [2.05, 4.69) is 15.7 Å². The lowest BCUT2D eigenvalue weighted by Gasteiger charge is -2.07. The quantitative estimate of drug-likeness (QED) is 0.593.